The van der Waals surface area contributed by atoms with Crippen LogP contribution < -0.4 is 0 Å². The van der Waals surface area contributed by atoms with E-state index in [9.17, 15) is 29.7 Å². The zero-order valence-electron chi connectivity index (χ0n) is 20.2. The van der Waals surface area contributed by atoms with Crippen LogP contribution >= 0.6 is 0 Å². The van der Waals surface area contributed by atoms with Crippen molar-refractivity contribution in [3.8, 4) is 0 Å². The fraction of sp³-hybridized carbons (Fsp3) is 0.808. The zero-order chi connectivity index (χ0) is 24.2. The van der Waals surface area contributed by atoms with Crippen LogP contribution in [0.1, 0.15) is 71.6 Å². The number of rotatable bonds is 2. The molecule has 0 radical (unpaired) electrons. The number of aliphatic hydroxyl groups is 3. The van der Waals surface area contributed by atoms with Gasteiger partial charge in [-0.15, -0.1) is 0 Å². The molecule has 1 heterocycles. The lowest BCUT2D eigenvalue weighted by atomic mass is 9.45. The van der Waals surface area contributed by atoms with Crippen LogP contribution in [0.15, 0.2) is 11.6 Å². The molecule has 1 saturated heterocycles. The first-order chi connectivity index (χ1) is 15.5. The SMILES string of the molecule is CN1CCCC1=O.C[C@]12CCC(=O)C=C1CC[C@@H]1[C@@H]2[C@@H](O)C[C@@]2(C)[C@H]1CC[C@]2(O)C(=O)CO. The molecule has 3 saturated carbocycles. The Balaban J connectivity index is 0.000000318. The highest BCUT2D eigenvalue weighted by molar-refractivity contribution is 5.91. The maximum absolute atomic E-state index is 12.4. The lowest BCUT2D eigenvalue weighted by Crippen LogP contribution is -2.62. The predicted octanol–water partition coefficient (Wildman–Crippen LogP) is 2.02. The monoisotopic (exact) mass is 461 g/mol. The van der Waals surface area contributed by atoms with Crippen molar-refractivity contribution in [3.05, 3.63) is 11.6 Å². The molecule has 0 aromatic heterocycles. The Morgan fingerprint density at radius 3 is 2.45 bits per heavy atom. The Labute approximate surface area is 196 Å². The number of allylic oxidation sites excluding steroid dienone is 1. The van der Waals surface area contributed by atoms with Crippen molar-refractivity contribution in [1.82, 2.24) is 4.90 Å². The first kappa shape index (κ1) is 24.6. The summed E-state index contributed by atoms with van der Waals surface area (Å²) in [4.78, 5) is 36.5. The third kappa shape index (κ3) is 3.71. The molecule has 7 heteroatoms. The van der Waals surface area contributed by atoms with Crippen molar-refractivity contribution in [1.29, 1.82) is 0 Å². The quantitative estimate of drug-likeness (QED) is 0.580. The van der Waals surface area contributed by atoms with Crippen molar-refractivity contribution in [2.75, 3.05) is 20.2 Å². The van der Waals surface area contributed by atoms with Crippen LogP contribution in [0.2, 0.25) is 0 Å². The third-order valence-electron chi connectivity index (χ3n) is 9.96. The summed E-state index contributed by atoms with van der Waals surface area (Å²) in [6.07, 6.45) is 7.55. The van der Waals surface area contributed by atoms with Gasteiger partial charge in [0, 0.05) is 31.8 Å². The molecule has 0 unspecified atom stereocenters. The number of amides is 1. The highest BCUT2D eigenvalue weighted by atomic mass is 16.3. The van der Waals surface area contributed by atoms with Gasteiger partial charge in [-0.25, -0.2) is 0 Å². The number of hydrogen-bond donors (Lipinski definition) is 3. The van der Waals surface area contributed by atoms with Crippen LogP contribution in [0.25, 0.3) is 0 Å². The Morgan fingerprint density at radius 1 is 1.15 bits per heavy atom. The molecule has 5 rings (SSSR count). The van der Waals surface area contributed by atoms with Crippen LogP contribution in [-0.4, -0.2) is 69.6 Å². The number of aliphatic hydroxyl groups excluding tert-OH is 2. The van der Waals surface area contributed by atoms with E-state index < -0.39 is 29.5 Å². The Morgan fingerprint density at radius 2 is 1.88 bits per heavy atom. The summed E-state index contributed by atoms with van der Waals surface area (Å²) in [7, 11) is 1.84. The van der Waals surface area contributed by atoms with E-state index in [0.29, 0.717) is 25.2 Å². The van der Waals surface area contributed by atoms with Crippen LogP contribution in [-0.2, 0) is 14.4 Å². The molecule has 0 spiro atoms. The Kier molecular flexibility index (Phi) is 6.38. The third-order valence-corrected chi connectivity index (χ3v) is 9.96. The summed E-state index contributed by atoms with van der Waals surface area (Å²) < 4.78 is 0. The molecule has 0 aromatic carbocycles. The van der Waals surface area contributed by atoms with Gasteiger partial charge in [-0.05, 0) is 74.2 Å². The lowest BCUT2D eigenvalue weighted by Gasteiger charge is -2.60. The number of hydrogen-bond acceptors (Lipinski definition) is 6. The summed E-state index contributed by atoms with van der Waals surface area (Å²) in [6, 6.07) is 0. The van der Waals surface area contributed by atoms with Gasteiger partial charge in [-0.1, -0.05) is 19.4 Å². The average Bonchev–Trinajstić information content (AvgIpc) is 3.27. The van der Waals surface area contributed by atoms with Gasteiger partial charge < -0.3 is 20.2 Å². The average molecular weight is 462 g/mol. The van der Waals surface area contributed by atoms with E-state index >= 15 is 0 Å². The standard InChI is InChI=1S/C21H30O5.C5H9NO/c1-19-7-5-13(23)9-12(19)3-4-14-15-6-8-21(26,17(25)11-22)20(15,2)10-16(24)18(14)19;1-6-4-2-3-5(6)7/h9,14-16,18,22,24,26H,3-8,10-11H2,1-2H3;2-4H2,1H3/t14-,15-,16-,18+,19-,20-,21-;/m0./s1. The number of carbonyl (C=O) groups excluding carboxylic acids is 3. The van der Waals surface area contributed by atoms with Gasteiger partial charge >= 0.3 is 0 Å². The molecule has 7 atom stereocenters. The fourth-order valence-corrected chi connectivity index (χ4v) is 8.06. The normalized spacial score (nSPS) is 44.3. The van der Waals surface area contributed by atoms with Crippen molar-refractivity contribution < 1.29 is 29.7 Å². The second-order valence-corrected chi connectivity index (χ2v) is 11.5. The summed E-state index contributed by atoms with van der Waals surface area (Å²) in [6.45, 7) is 4.41. The van der Waals surface area contributed by atoms with Crippen molar-refractivity contribution in [3.63, 3.8) is 0 Å². The van der Waals surface area contributed by atoms with Crippen molar-refractivity contribution >= 4 is 17.5 Å². The molecule has 7 nitrogen and oxygen atoms in total. The van der Waals surface area contributed by atoms with E-state index in [1.807, 2.05) is 14.0 Å². The molecule has 0 aromatic rings. The Hall–Kier alpha value is -1.57. The van der Waals surface area contributed by atoms with Gasteiger partial charge in [0.05, 0.1) is 6.10 Å². The van der Waals surface area contributed by atoms with Crippen molar-refractivity contribution in [2.45, 2.75) is 83.3 Å². The van der Waals surface area contributed by atoms with E-state index in [2.05, 4.69) is 6.92 Å². The molecular weight excluding hydrogens is 422 g/mol. The summed E-state index contributed by atoms with van der Waals surface area (Å²) in [5.74, 6) is 0.432. The van der Waals surface area contributed by atoms with Gasteiger partial charge in [0.15, 0.2) is 11.6 Å². The number of likely N-dealkylation sites (tertiary alicyclic amines) is 1. The number of Topliss-reactive ketones (excluding diaryl/α,β-unsaturated/α-hetero) is 1. The van der Waals surface area contributed by atoms with Crippen LogP contribution in [0.5, 0.6) is 0 Å². The van der Waals surface area contributed by atoms with Crippen LogP contribution in [0.4, 0.5) is 0 Å². The molecule has 3 N–H and O–H groups in total. The Bertz CT molecular complexity index is 869. The summed E-state index contributed by atoms with van der Waals surface area (Å²) in [5, 5.41) is 31.7. The second kappa shape index (κ2) is 8.58. The van der Waals surface area contributed by atoms with Gasteiger partial charge in [-0.3, -0.25) is 14.4 Å². The fourth-order valence-electron chi connectivity index (χ4n) is 8.06. The number of fused-ring (bicyclic) bond motifs is 5. The van der Waals surface area contributed by atoms with E-state index in [1.165, 1.54) is 5.57 Å². The molecule has 33 heavy (non-hydrogen) atoms. The number of nitrogens with zero attached hydrogens (tertiary/aromatic N) is 1. The second-order valence-electron chi connectivity index (χ2n) is 11.5. The first-order valence-corrected chi connectivity index (χ1v) is 12.5. The molecule has 1 amide bonds. The largest absolute Gasteiger partial charge is 0.393 e. The minimum atomic E-state index is -1.54. The maximum atomic E-state index is 12.4. The van der Waals surface area contributed by atoms with Crippen LogP contribution in [0.3, 0.4) is 0 Å². The van der Waals surface area contributed by atoms with E-state index in [1.54, 1.807) is 11.0 Å². The van der Waals surface area contributed by atoms with Gasteiger partial charge in [-0.2, -0.15) is 0 Å². The van der Waals surface area contributed by atoms with E-state index in [4.69, 9.17) is 0 Å². The smallest absolute Gasteiger partial charge is 0.222 e. The highest BCUT2D eigenvalue weighted by Crippen LogP contribution is 2.67. The lowest BCUT2D eigenvalue weighted by molar-refractivity contribution is -0.182. The predicted molar refractivity (Wildman–Crippen MR) is 122 cm³/mol. The van der Waals surface area contributed by atoms with E-state index in [-0.39, 0.29) is 29.0 Å². The minimum Gasteiger partial charge on any atom is -0.393 e. The van der Waals surface area contributed by atoms with Gasteiger partial charge in [0.2, 0.25) is 5.91 Å². The number of carbonyl (C=O) groups is 3. The number of ketones is 2. The minimum absolute atomic E-state index is 0.0697. The molecule has 4 fully saturated rings. The highest BCUT2D eigenvalue weighted by Gasteiger charge is 2.68. The first-order valence-electron chi connectivity index (χ1n) is 12.5. The van der Waals surface area contributed by atoms with Gasteiger partial charge in [0.25, 0.3) is 0 Å². The summed E-state index contributed by atoms with van der Waals surface area (Å²) >= 11 is 0. The zero-order valence-corrected chi connectivity index (χ0v) is 20.2. The molecular formula is C26H39NO6. The van der Waals surface area contributed by atoms with E-state index in [0.717, 1.165) is 45.1 Å². The molecule has 4 aliphatic carbocycles. The molecule has 1 aliphatic heterocycles. The topological polar surface area (TPSA) is 115 Å². The molecule has 5 aliphatic rings. The van der Waals surface area contributed by atoms with Crippen LogP contribution in [0, 0.1) is 28.6 Å². The molecule has 0 bridgehead atoms. The molecule has 184 valence electrons. The summed E-state index contributed by atoms with van der Waals surface area (Å²) in [5.41, 5.74) is -1.23. The maximum Gasteiger partial charge on any atom is 0.222 e. The van der Waals surface area contributed by atoms with Crippen molar-refractivity contribution in [2.24, 2.45) is 28.6 Å². The van der Waals surface area contributed by atoms with Gasteiger partial charge in [0.1, 0.15) is 12.2 Å².